The van der Waals surface area contributed by atoms with Gasteiger partial charge >= 0.3 is 6.03 Å². The summed E-state index contributed by atoms with van der Waals surface area (Å²) in [5.41, 5.74) is 3.12. The molecule has 41 heavy (non-hydrogen) atoms. The summed E-state index contributed by atoms with van der Waals surface area (Å²) in [5, 5.41) is 15.8. The molecule has 2 fully saturated rings. The Labute approximate surface area is 244 Å². The van der Waals surface area contributed by atoms with Gasteiger partial charge in [0.05, 0.1) is 32.9 Å². The molecule has 2 aliphatic rings. The fourth-order valence-corrected chi connectivity index (χ4v) is 6.18. The van der Waals surface area contributed by atoms with Gasteiger partial charge in [-0.05, 0) is 66.1 Å². The number of benzene rings is 3. The van der Waals surface area contributed by atoms with E-state index >= 15 is 0 Å². The lowest BCUT2D eigenvalue weighted by atomic mass is 9.89. The zero-order valence-electron chi connectivity index (χ0n) is 24.3. The van der Waals surface area contributed by atoms with Crippen LogP contribution in [0.5, 0.6) is 11.5 Å². The normalized spacial score (nSPS) is 20.6. The molecule has 3 aromatic rings. The number of hydrazine groups is 1. The Kier molecular flexibility index (Phi) is 9.80. The first kappa shape index (κ1) is 29.0. The fraction of sp³-hybridized carbons (Fsp3) is 0.441. The Morgan fingerprint density at radius 2 is 1.34 bits per heavy atom. The third-order valence-corrected chi connectivity index (χ3v) is 8.53. The zero-order valence-corrected chi connectivity index (χ0v) is 24.3. The average Bonchev–Trinajstić information content (AvgIpc) is 3.10. The molecule has 2 atom stereocenters. The van der Waals surface area contributed by atoms with Gasteiger partial charge < -0.3 is 19.5 Å². The molecule has 5 rings (SSSR count). The first-order valence-electron chi connectivity index (χ1n) is 14.8. The van der Waals surface area contributed by atoms with E-state index in [0.29, 0.717) is 32.0 Å². The Morgan fingerprint density at radius 3 is 1.93 bits per heavy atom. The highest BCUT2D eigenvalue weighted by Gasteiger charge is 2.40. The summed E-state index contributed by atoms with van der Waals surface area (Å²) in [6, 6.07) is 25.5. The minimum atomic E-state index is -0.707. The number of ether oxygens (including phenoxy) is 2. The van der Waals surface area contributed by atoms with Crippen LogP contribution in [0.25, 0.3) is 0 Å². The second-order valence-corrected chi connectivity index (χ2v) is 11.4. The van der Waals surface area contributed by atoms with E-state index in [9.17, 15) is 9.90 Å². The number of hydrogen-bond acceptors (Lipinski definition) is 5. The van der Waals surface area contributed by atoms with Crippen LogP contribution in [0.3, 0.4) is 0 Å². The molecule has 7 heteroatoms. The Balaban J connectivity index is 1.50. The molecule has 218 valence electrons. The number of urea groups is 1. The highest BCUT2D eigenvalue weighted by molar-refractivity contribution is 5.75. The minimum absolute atomic E-state index is 0.0788. The van der Waals surface area contributed by atoms with Crippen LogP contribution in [-0.4, -0.2) is 65.5 Å². The monoisotopic (exact) mass is 557 g/mol. The largest absolute Gasteiger partial charge is 0.497 e. The Hall–Kier alpha value is -3.55. The van der Waals surface area contributed by atoms with Crippen molar-refractivity contribution in [2.24, 2.45) is 5.92 Å². The summed E-state index contributed by atoms with van der Waals surface area (Å²) < 4.78 is 10.7. The number of rotatable bonds is 10. The van der Waals surface area contributed by atoms with E-state index < -0.39 is 6.10 Å². The standard InChI is InChI=1S/C34H43N3O4/c1-40-30-17-13-28(14-18-30)23-36-32(21-26-9-5-3-6-10-26)33(38)25-35(22-27-11-7-4-8-12-27)37(34(36)39)24-29-15-19-31(41-2)20-16-29/h3,5-6,9-10,13-20,27,32-33,38H,4,7-8,11-12,21-25H2,1-2H3/t32-,33-/m0/s1. The van der Waals surface area contributed by atoms with Gasteiger partial charge in [0.15, 0.2) is 0 Å². The topological polar surface area (TPSA) is 65.5 Å². The van der Waals surface area contributed by atoms with E-state index in [2.05, 4.69) is 17.1 Å². The molecule has 1 saturated carbocycles. The first-order chi connectivity index (χ1) is 20.0. The molecule has 0 unspecified atom stereocenters. The van der Waals surface area contributed by atoms with E-state index in [1.54, 1.807) is 14.2 Å². The summed E-state index contributed by atoms with van der Waals surface area (Å²) >= 11 is 0. The van der Waals surface area contributed by atoms with E-state index in [1.807, 2.05) is 76.6 Å². The summed E-state index contributed by atoms with van der Waals surface area (Å²) in [6.45, 7) is 2.01. The average molecular weight is 558 g/mol. The predicted molar refractivity (Wildman–Crippen MR) is 161 cm³/mol. The maximum Gasteiger partial charge on any atom is 0.335 e. The van der Waals surface area contributed by atoms with Gasteiger partial charge in [-0.2, -0.15) is 0 Å². The minimum Gasteiger partial charge on any atom is -0.497 e. The molecule has 0 radical (unpaired) electrons. The van der Waals surface area contributed by atoms with Crippen molar-refractivity contribution in [2.75, 3.05) is 27.3 Å². The number of methoxy groups -OCH3 is 2. The molecule has 1 heterocycles. The third kappa shape index (κ3) is 7.40. The first-order valence-corrected chi connectivity index (χ1v) is 14.8. The van der Waals surface area contributed by atoms with E-state index in [-0.39, 0.29) is 12.1 Å². The highest BCUT2D eigenvalue weighted by atomic mass is 16.5. The van der Waals surface area contributed by atoms with Crippen molar-refractivity contribution in [1.82, 2.24) is 14.9 Å². The SMILES string of the molecule is COc1ccc(CN2C(=O)N(Cc3ccc(OC)cc3)N(CC3CCCCC3)C[C@H](O)[C@@H]2Cc2ccccc2)cc1. The van der Waals surface area contributed by atoms with E-state index in [0.717, 1.165) is 34.7 Å². The van der Waals surface area contributed by atoms with Crippen LogP contribution < -0.4 is 9.47 Å². The molecule has 1 N–H and O–H groups in total. The lowest BCUT2D eigenvalue weighted by Gasteiger charge is -2.38. The van der Waals surface area contributed by atoms with Gasteiger partial charge in [0.25, 0.3) is 0 Å². The van der Waals surface area contributed by atoms with Crippen molar-refractivity contribution in [3.63, 3.8) is 0 Å². The molecule has 1 aliphatic heterocycles. The maximum absolute atomic E-state index is 14.6. The molecule has 2 amide bonds. The number of carbonyl (C=O) groups excluding carboxylic acids is 1. The van der Waals surface area contributed by atoms with Gasteiger partial charge in [-0.1, -0.05) is 73.9 Å². The smallest absolute Gasteiger partial charge is 0.335 e. The second kappa shape index (κ2) is 13.9. The molecule has 0 aromatic heterocycles. The third-order valence-electron chi connectivity index (χ3n) is 8.53. The Morgan fingerprint density at radius 1 is 0.756 bits per heavy atom. The number of carbonyl (C=O) groups is 1. The lowest BCUT2D eigenvalue weighted by Crippen LogP contribution is -2.52. The summed E-state index contributed by atoms with van der Waals surface area (Å²) in [6.07, 6.45) is 5.95. The maximum atomic E-state index is 14.6. The van der Waals surface area contributed by atoms with Crippen LogP contribution in [0.1, 0.15) is 48.8 Å². The van der Waals surface area contributed by atoms with Crippen LogP contribution in [-0.2, 0) is 19.5 Å². The van der Waals surface area contributed by atoms with Crippen LogP contribution in [0.15, 0.2) is 78.9 Å². The lowest BCUT2D eigenvalue weighted by molar-refractivity contribution is -0.0287. The van der Waals surface area contributed by atoms with Gasteiger partial charge in [0.1, 0.15) is 11.5 Å². The number of nitrogens with zero attached hydrogens (tertiary/aromatic N) is 3. The van der Waals surface area contributed by atoms with Crippen LogP contribution >= 0.6 is 0 Å². The summed E-state index contributed by atoms with van der Waals surface area (Å²) in [7, 11) is 3.31. The quantitative estimate of drug-likeness (QED) is 0.336. The molecule has 1 saturated heterocycles. The van der Waals surface area contributed by atoms with Crippen molar-refractivity contribution < 1.29 is 19.4 Å². The molecule has 7 nitrogen and oxygen atoms in total. The molecule has 1 aliphatic carbocycles. The summed E-state index contributed by atoms with van der Waals surface area (Å²) in [5.74, 6) is 2.08. The summed E-state index contributed by atoms with van der Waals surface area (Å²) in [4.78, 5) is 16.5. The number of aliphatic hydroxyl groups excluding tert-OH is 1. The highest BCUT2D eigenvalue weighted by Crippen LogP contribution is 2.30. The number of β-amino-alcohol motifs (C(OH)–C–C–N with tert-alkyl or cyclic N) is 1. The van der Waals surface area contributed by atoms with Crippen molar-refractivity contribution in [1.29, 1.82) is 0 Å². The molecule has 0 spiro atoms. The zero-order chi connectivity index (χ0) is 28.6. The van der Waals surface area contributed by atoms with Gasteiger partial charge in [-0.3, -0.25) is 5.01 Å². The van der Waals surface area contributed by atoms with Gasteiger partial charge in [-0.15, -0.1) is 0 Å². The molecule has 0 bridgehead atoms. The van der Waals surface area contributed by atoms with Crippen LogP contribution in [0.2, 0.25) is 0 Å². The van der Waals surface area contributed by atoms with Crippen LogP contribution in [0, 0.1) is 5.92 Å². The van der Waals surface area contributed by atoms with E-state index in [4.69, 9.17) is 9.47 Å². The van der Waals surface area contributed by atoms with Crippen molar-refractivity contribution in [2.45, 2.75) is 63.8 Å². The number of amides is 2. The van der Waals surface area contributed by atoms with E-state index in [1.165, 1.54) is 32.1 Å². The Bertz CT molecular complexity index is 1230. The fourth-order valence-electron chi connectivity index (χ4n) is 6.18. The predicted octanol–water partition coefficient (Wildman–Crippen LogP) is 5.91. The van der Waals surface area contributed by atoms with Crippen molar-refractivity contribution in [3.05, 3.63) is 95.6 Å². The number of aliphatic hydroxyl groups is 1. The molecular formula is C34H43N3O4. The second-order valence-electron chi connectivity index (χ2n) is 11.4. The van der Waals surface area contributed by atoms with Gasteiger partial charge in [0.2, 0.25) is 0 Å². The molecular weight excluding hydrogens is 514 g/mol. The molecule has 3 aromatic carbocycles. The van der Waals surface area contributed by atoms with Crippen molar-refractivity contribution in [3.8, 4) is 11.5 Å². The van der Waals surface area contributed by atoms with Crippen molar-refractivity contribution >= 4 is 6.03 Å². The van der Waals surface area contributed by atoms with Gasteiger partial charge in [-0.25, -0.2) is 9.80 Å². The van der Waals surface area contributed by atoms with Crippen LogP contribution in [0.4, 0.5) is 4.79 Å². The number of hydrogen-bond donors (Lipinski definition) is 1. The van der Waals surface area contributed by atoms with Gasteiger partial charge in [0, 0.05) is 19.6 Å².